The molecule has 0 saturated heterocycles. The quantitative estimate of drug-likeness (QED) is 0.117. The number of ketones is 2. The number of aliphatic hydroxyl groups is 3. The number of nitrogens with two attached hydrogens (primary N) is 2. The lowest BCUT2D eigenvalue weighted by atomic mass is 9.59. The van der Waals surface area contributed by atoms with E-state index >= 15 is 0 Å². The zero-order valence-electron chi connectivity index (χ0n) is 19.8. The Labute approximate surface area is 212 Å². The van der Waals surface area contributed by atoms with Crippen molar-refractivity contribution in [3.8, 4) is 5.75 Å². The second-order valence-electron chi connectivity index (χ2n) is 9.41. The molecule has 1 fully saturated rings. The number of fused-ring (bicyclic) bond motifs is 3. The van der Waals surface area contributed by atoms with E-state index in [1.165, 1.54) is 13.1 Å². The molecule has 1 amide bonds. The van der Waals surface area contributed by atoms with Gasteiger partial charge in [0.15, 0.2) is 11.4 Å². The number of hydrazine groups is 1. The van der Waals surface area contributed by atoms with Gasteiger partial charge in [-0.15, -0.1) is 0 Å². The van der Waals surface area contributed by atoms with Crippen LogP contribution in [-0.2, 0) is 20.8 Å². The maximum Gasteiger partial charge on any atom is 0.407 e. The average Bonchev–Trinajstić information content (AvgIpc) is 2.79. The molecule has 0 aliphatic heterocycles. The van der Waals surface area contributed by atoms with Crippen molar-refractivity contribution >= 4 is 35.1 Å². The summed E-state index contributed by atoms with van der Waals surface area (Å²) in [4.78, 5) is 37.7. The van der Waals surface area contributed by atoms with Crippen LogP contribution in [0.2, 0.25) is 0 Å². The van der Waals surface area contributed by atoms with E-state index < -0.39 is 76.9 Å². The van der Waals surface area contributed by atoms with Crippen molar-refractivity contribution < 1.29 is 48.0 Å². The molecule has 0 unspecified atom stereocenters. The summed E-state index contributed by atoms with van der Waals surface area (Å²) in [6, 6.07) is 1.32. The topological polar surface area (TPSA) is 212 Å². The molecular formula is C23H24F3N5O7. The number of carbonyl (C=O) groups excluding carboxylic acids is 3. The molecule has 0 bridgehead atoms. The number of halogens is 3. The lowest BCUT2D eigenvalue weighted by Gasteiger charge is -2.46. The highest BCUT2D eigenvalue weighted by molar-refractivity contribution is 6.22. The summed E-state index contributed by atoms with van der Waals surface area (Å²) in [7, 11) is 1.44. The summed E-state index contributed by atoms with van der Waals surface area (Å²) in [5, 5.41) is 48.6. The number of aromatic hydroxyl groups is 1. The van der Waals surface area contributed by atoms with Gasteiger partial charge in [-0.25, -0.2) is 5.84 Å². The van der Waals surface area contributed by atoms with E-state index in [9.17, 15) is 48.0 Å². The van der Waals surface area contributed by atoms with Crippen LogP contribution in [0.3, 0.4) is 0 Å². The van der Waals surface area contributed by atoms with Crippen LogP contribution in [0.25, 0.3) is 5.76 Å². The smallest absolute Gasteiger partial charge is 0.407 e. The first-order chi connectivity index (χ1) is 17.6. The van der Waals surface area contributed by atoms with Crippen LogP contribution < -0.4 is 22.0 Å². The number of carbonyl (C=O) groups is 3. The third-order valence-corrected chi connectivity index (χ3v) is 7.02. The number of hydrazone groups is 1. The third kappa shape index (κ3) is 4.12. The minimum Gasteiger partial charge on any atom is -0.508 e. The predicted molar refractivity (Wildman–Crippen MR) is 126 cm³/mol. The number of primary amides is 1. The van der Waals surface area contributed by atoms with E-state index in [1.54, 1.807) is 5.43 Å². The van der Waals surface area contributed by atoms with Crippen LogP contribution in [0.4, 0.5) is 18.9 Å². The molecule has 0 radical (unpaired) electrons. The minimum absolute atomic E-state index is 0.00255. The largest absolute Gasteiger partial charge is 0.508 e. The molecule has 1 saturated carbocycles. The van der Waals surface area contributed by atoms with Gasteiger partial charge in [0.25, 0.3) is 5.91 Å². The Morgan fingerprint density at radius 1 is 1.29 bits per heavy atom. The first-order valence-electron chi connectivity index (χ1n) is 11.3. The fourth-order valence-corrected chi connectivity index (χ4v) is 5.35. The van der Waals surface area contributed by atoms with Crippen molar-refractivity contribution in [1.29, 1.82) is 0 Å². The highest BCUT2D eigenvalue weighted by atomic mass is 19.4. The Kier molecular flexibility index (Phi) is 6.40. The van der Waals surface area contributed by atoms with E-state index in [0.717, 1.165) is 11.2 Å². The molecule has 3 aliphatic carbocycles. The number of benzene rings is 1. The van der Waals surface area contributed by atoms with Gasteiger partial charge < -0.3 is 36.6 Å². The first-order valence-corrected chi connectivity index (χ1v) is 11.3. The molecule has 0 spiro atoms. The maximum absolute atomic E-state index is 13.6. The highest BCUT2D eigenvalue weighted by Gasteiger charge is 2.60. The summed E-state index contributed by atoms with van der Waals surface area (Å²) in [6.07, 6.45) is -4.21. The Morgan fingerprint density at radius 2 is 1.95 bits per heavy atom. The fraction of sp³-hybridized carbons (Fsp3) is 0.391. The van der Waals surface area contributed by atoms with Crippen molar-refractivity contribution in [1.82, 2.24) is 5.43 Å². The summed E-state index contributed by atoms with van der Waals surface area (Å²) in [6.45, 7) is -1.45. The zero-order chi connectivity index (χ0) is 28.3. The molecule has 15 heteroatoms. The van der Waals surface area contributed by atoms with E-state index in [0.29, 0.717) is 0 Å². The molecule has 38 heavy (non-hydrogen) atoms. The Bertz CT molecular complexity index is 1350. The lowest BCUT2D eigenvalue weighted by molar-refractivity contribution is -0.147. The Morgan fingerprint density at radius 3 is 2.53 bits per heavy atom. The first kappa shape index (κ1) is 26.9. The van der Waals surface area contributed by atoms with E-state index in [4.69, 9.17) is 11.6 Å². The van der Waals surface area contributed by atoms with Gasteiger partial charge in [-0.3, -0.25) is 14.4 Å². The Hall–Kier alpha value is -4.11. The SMILES string of the molecule is CN(N)c1cc(/C=N/NCC(F)(F)F)c(O)c2c1C[C@H]1C[C@H]3CC(=O)C(C(N)=O)=C(O)[C@@]3(O)C(=O)C1=C2O. The number of rotatable bonds is 5. The molecule has 12 nitrogen and oxygen atoms in total. The minimum atomic E-state index is -4.55. The normalized spacial score (nSPS) is 25.3. The van der Waals surface area contributed by atoms with Gasteiger partial charge in [0.2, 0.25) is 5.78 Å². The van der Waals surface area contributed by atoms with Crippen LogP contribution in [0.5, 0.6) is 5.75 Å². The third-order valence-electron chi connectivity index (χ3n) is 7.02. The van der Waals surface area contributed by atoms with Crippen LogP contribution in [0, 0.1) is 11.8 Å². The molecule has 3 atom stereocenters. The number of aliphatic hydroxyl groups excluding tert-OH is 2. The maximum atomic E-state index is 13.6. The number of alkyl halides is 3. The number of amides is 1. The van der Waals surface area contributed by atoms with Gasteiger partial charge in [0.05, 0.1) is 17.5 Å². The van der Waals surface area contributed by atoms with E-state index in [2.05, 4.69) is 5.10 Å². The van der Waals surface area contributed by atoms with Crippen LogP contribution >= 0.6 is 0 Å². The molecule has 0 aromatic heterocycles. The van der Waals surface area contributed by atoms with Crippen LogP contribution in [0.1, 0.15) is 29.5 Å². The molecule has 9 N–H and O–H groups in total. The summed E-state index contributed by atoms with van der Waals surface area (Å²) < 4.78 is 37.2. The molecule has 1 aromatic carbocycles. The number of phenolic OH excluding ortho intramolecular Hbond substituents is 1. The van der Waals surface area contributed by atoms with Gasteiger partial charge in [-0.1, -0.05) is 0 Å². The van der Waals surface area contributed by atoms with Crippen molar-refractivity contribution in [2.24, 2.45) is 28.5 Å². The van der Waals surface area contributed by atoms with Crippen molar-refractivity contribution in [3.05, 3.63) is 39.7 Å². The highest BCUT2D eigenvalue weighted by Crippen LogP contribution is 2.53. The Balaban J connectivity index is 1.86. The van der Waals surface area contributed by atoms with Crippen LogP contribution in [0.15, 0.2) is 28.1 Å². The molecule has 3 aliphatic rings. The molecule has 1 aromatic rings. The van der Waals surface area contributed by atoms with Crippen molar-refractivity contribution in [3.63, 3.8) is 0 Å². The fourth-order valence-electron chi connectivity index (χ4n) is 5.35. The average molecular weight is 539 g/mol. The van der Waals surface area contributed by atoms with Crippen LogP contribution in [-0.4, -0.2) is 69.5 Å². The van der Waals surface area contributed by atoms with E-state index in [1.807, 2.05) is 0 Å². The summed E-state index contributed by atoms with van der Waals surface area (Å²) in [5.41, 5.74) is 3.04. The predicted octanol–water partition coefficient (Wildman–Crippen LogP) is 0.220. The summed E-state index contributed by atoms with van der Waals surface area (Å²) in [5.74, 6) is -1.94. The van der Waals surface area contributed by atoms with Gasteiger partial charge in [0.1, 0.15) is 29.4 Å². The van der Waals surface area contributed by atoms with Gasteiger partial charge in [-0.05, 0) is 30.4 Å². The number of nitrogens with zero attached hydrogens (tertiary/aromatic N) is 2. The lowest BCUT2D eigenvalue weighted by Crippen LogP contribution is -2.58. The number of nitrogens with one attached hydrogen (secondary N) is 1. The van der Waals surface area contributed by atoms with Gasteiger partial charge in [0, 0.05) is 30.5 Å². The van der Waals surface area contributed by atoms with Gasteiger partial charge >= 0.3 is 6.18 Å². The molecule has 4 rings (SSSR count). The molecule has 204 valence electrons. The summed E-state index contributed by atoms with van der Waals surface area (Å²) >= 11 is 0. The number of phenols is 1. The number of anilines is 1. The standard InChI is InChI=1S/C23H24F3N5O7/c1-31(28)12-4-9(6-29-30-7-22(24,25)26)17(33)15-11(12)3-8-2-10-5-13(32)16(21(27)37)20(36)23(10,38)19(35)14(8)18(15)34/h4,6,8,10,30,33-34,36,38H,2-3,5,7,28H2,1H3,(H2,27,37)/b29-6+/t8-,10+,23+/m1/s1. The van der Waals surface area contributed by atoms with Crippen molar-refractivity contribution in [2.45, 2.75) is 31.0 Å². The second-order valence-corrected chi connectivity index (χ2v) is 9.41. The van der Waals surface area contributed by atoms with E-state index in [-0.39, 0.29) is 40.8 Å². The number of hydrogen-bond acceptors (Lipinski definition) is 11. The molecular weight excluding hydrogens is 515 g/mol. The molecule has 0 heterocycles. The van der Waals surface area contributed by atoms with Crippen molar-refractivity contribution in [2.75, 3.05) is 18.6 Å². The second kappa shape index (κ2) is 9.02. The number of Topliss-reactive ketones (excluding diaryl/α,β-unsaturated/α-hetero) is 2. The zero-order valence-corrected chi connectivity index (χ0v) is 19.8. The number of hydrogen-bond donors (Lipinski definition) is 7. The van der Waals surface area contributed by atoms with Gasteiger partial charge in [-0.2, -0.15) is 18.3 Å². The monoisotopic (exact) mass is 539 g/mol.